The summed E-state index contributed by atoms with van der Waals surface area (Å²) in [5.41, 5.74) is 1.20. The van der Waals surface area contributed by atoms with Crippen LogP contribution >= 0.6 is 0 Å². The predicted molar refractivity (Wildman–Crippen MR) is 59.8 cm³/mol. The number of fused-ring (bicyclic) bond motifs is 1. The SMILES string of the molecule is CCOc1c(OC)c(OC)cc2c1C(=O)OC2. The van der Waals surface area contributed by atoms with Crippen molar-refractivity contribution in [3.05, 3.63) is 17.2 Å². The lowest BCUT2D eigenvalue weighted by atomic mass is 10.1. The Morgan fingerprint density at radius 1 is 1.29 bits per heavy atom. The number of benzene rings is 1. The van der Waals surface area contributed by atoms with Gasteiger partial charge in [-0.15, -0.1) is 0 Å². The van der Waals surface area contributed by atoms with Gasteiger partial charge in [-0.25, -0.2) is 4.79 Å². The van der Waals surface area contributed by atoms with Gasteiger partial charge in [-0.3, -0.25) is 0 Å². The fourth-order valence-corrected chi connectivity index (χ4v) is 1.85. The molecule has 1 heterocycles. The Labute approximate surface area is 99.2 Å². The number of carbonyl (C=O) groups excluding carboxylic acids is 1. The van der Waals surface area contributed by atoms with Gasteiger partial charge in [0, 0.05) is 5.56 Å². The van der Waals surface area contributed by atoms with Crippen LogP contribution in [0.4, 0.5) is 0 Å². The van der Waals surface area contributed by atoms with Gasteiger partial charge in [0.05, 0.1) is 20.8 Å². The summed E-state index contributed by atoms with van der Waals surface area (Å²) in [6.07, 6.45) is 0. The molecule has 0 saturated carbocycles. The molecule has 0 spiro atoms. The van der Waals surface area contributed by atoms with Crippen LogP contribution in [0.5, 0.6) is 17.2 Å². The van der Waals surface area contributed by atoms with Gasteiger partial charge in [0.25, 0.3) is 0 Å². The molecule has 0 fully saturated rings. The first-order valence-corrected chi connectivity index (χ1v) is 5.30. The molecule has 5 nitrogen and oxygen atoms in total. The maximum absolute atomic E-state index is 11.6. The Morgan fingerprint density at radius 2 is 2.06 bits per heavy atom. The van der Waals surface area contributed by atoms with Gasteiger partial charge >= 0.3 is 5.97 Å². The number of hydrogen-bond donors (Lipinski definition) is 0. The first kappa shape index (κ1) is 11.6. The molecule has 5 heteroatoms. The Kier molecular flexibility index (Phi) is 3.08. The third kappa shape index (κ3) is 1.77. The molecule has 2 rings (SSSR count). The number of carbonyl (C=O) groups is 1. The minimum Gasteiger partial charge on any atom is -0.493 e. The molecule has 0 bridgehead atoms. The highest BCUT2D eigenvalue weighted by Gasteiger charge is 2.31. The molecule has 1 aromatic rings. The van der Waals surface area contributed by atoms with Crippen molar-refractivity contribution in [2.75, 3.05) is 20.8 Å². The van der Waals surface area contributed by atoms with Gasteiger partial charge in [0.2, 0.25) is 5.75 Å². The van der Waals surface area contributed by atoms with Crippen LogP contribution in [0, 0.1) is 0 Å². The molecule has 17 heavy (non-hydrogen) atoms. The van der Waals surface area contributed by atoms with Crippen LogP contribution < -0.4 is 14.2 Å². The van der Waals surface area contributed by atoms with Crippen molar-refractivity contribution >= 4 is 5.97 Å². The Hall–Kier alpha value is -1.91. The Bertz CT molecular complexity index is 453. The summed E-state index contributed by atoms with van der Waals surface area (Å²) in [5.74, 6) is 0.969. The number of esters is 1. The fraction of sp³-hybridized carbons (Fsp3) is 0.417. The van der Waals surface area contributed by atoms with Crippen LogP contribution in [0.15, 0.2) is 6.07 Å². The van der Waals surface area contributed by atoms with Gasteiger partial charge < -0.3 is 18.9 Å². The topological polar surface area (TPSA) is 54.0 Å². The Balaban J connectivity index is 2.65. The molecule has 0 saturated heterocycles. The van der Waals surface area contributed by atoms with Crippen molar-refractivity contribution in [1.29, 1.82) is 0 Å². The number of cyclic esters (lactones) is 1. The van der Waals surface area contributed by atoms with E-state index in [-0.39, 0.29) is 12.6 Å². The lowest BCUT2D eigenvalue weighted by Gasteiger charge is -2.15. The molecule has 1 aliphatic heterocycles. The van der Waals surface area contributed by atoms with Crippen molar-refractivity contribution in [2.24, 2.45) is 0 Å². The second-order valence-corrected chi connectivity index (χ2v) is 3.48. The van der Waals surface area contributed by atoms with Gasteiger partial charge in [0.1, 0.15) is 12.2 Å². The van der Waals surface area contributed by atoms with Gasteiger partial charge in [-0.05, 0) is 13.0 Å². The number of hydrogen-bond acceptors (Lipinski definition) is 5. The van der Waals surface area contributed by atoms with E-state index in [2.05, 4.69) is 0 Å². The average molecular weight is 238 g/mol. The lowest BCUT2D eigenvalue weighted by molar-refractivity contribution is 0.0532. The number of rotatable bonds is 4. The number of ether oxygens (including phenoxy) is 4. The fourth-order valence-electron chi connectivity index (χ4n) is 1.85. The zero-order valence-corrected chi connectivity index (χ0v) is 10.0. The molecule has 1 aliphatic rings. The van der Waals surface area contributed by atoms with Crippen LogP contribution in [-0.4, -0.2) is 26.8 Å². The molecule has 0 unspecified atom stereocenters. The van der Waals surface area contributed by atoms with Crippen LogP contribution in [-0.2, 0) is 11.3 Å². The summed E-state index contributed by atoms with van der Waals surface area (Å²) in [7, 11) is 3.05. The second kappa shape index (κ2) is 4.53. The second-order valence-electron chi connectivity index (χ2n) is 3.48. The van der Waals surface area contributed by atoms with Crippen LogP contribution in [0.1, 0.15) is 22.8 Å². The average Bonchev–Trinajstić information content (AvgIpc) is 2.70. The molecule has 0 aliphatic carbocycles. The molecular formula is C12H14O5. The molecule has 92 valence electrons. The standard InChI is InChI=1S/C12H14O5/c1-4-16-11-9-7(6-17-12(9)13)5-8(14-2)10(11)15-3/h5H,4,6H2,1-3H3. The van der Waals surface area contributed by atoms with E-state index in [1.807, 2.05) is 6.92 Å². The van der Waals surface area contributed by atoms with E-state index in [0.29, 0.717) is 29.4 Å². The van der Waals surface area contributed by atoms with E-state index in [0.717, 1.165) is 5.56 Å². The molecule has 0 atom stereocenters. The molecule has 1 aromatic carbocycles. The van der Waals surface area contributed by atoms with Crippen molar-refractivity contribution in [3.63, 3.8) is 0 Å². The summed E-state index contributed by atoms with van der Waals surface area (Å²) in [5, 5.41) is 0. The third-order valence-corrected chi connectivity index (χ3v) is 2.56. The predicted octanol–water partition coefficient (Wildman–Crippen LogP) is 1.77. The van der Waals surface area contributed by atoms with E-state index < -0.39 is 0 Å². The van der Waals surface area contributed by atoms with Crippen LogP contribution in [0.3, 0.4) is 0 Å². The Morgan fingerprint density at radius 3 is 2.65 bits per heavy atom. The molecule has 0 amide bonds. The van der Waals surface area contributed by atoms with Gasteiger partial charge in [-0.1, -0.05) is 0 Å². The van der Waals surface area contributed by atoms with E-state index in [1.165, 1.54) is 14.2 Å². The van der Waals surface area contributed by atoms with E-state index in [9.17, 15) is 4.79 Å². The molecule has 0 radical (unpaired) electrons. The maximum Gasteiger partial charge on any atom is 0.342 e. The molecule has 0 aromatic heterocycles. The smallest absolute Gasteiger partial charge is 0.342 e. The molecule has 0 N–H and O–H groups in total. The van der Waals surface area contributed by atoms with Crippen molar-refractivity contribution in [2.45, 2.75) is 13.5 Å². The summed E-state index contributed by atoms with van der Waals surface area (Å²) in [4.78, 5) is 11.6. The quantitative estimate of drug-likeness (QED) is 0.748. The number of methoxy groups -OCH3 is 2. The van der Waals surface area contributed by atoms with Crippen molar-refractivity contribution < 1.29 is 23.7 Å². The minimum atomic E-state index is -0.385. The largest absolute Gasteiger partial charge is 0.493 e. The van der Waals surface area contributed by atoms with Crippen LogP contribution in [0.2, 0.25) is 0 Å². The normalized spacial score (nSPS) is 13.0. The zero-order valence-electron chi connectivity index (χ0n) is 10.0. The highest BCUT2D eigenvalue weighted by molar-refractivity contribution is 5.98. The van der Waals surface area contributed by atoms with Crippen molar-refractivity contribution in [1.82, 2.24) is 0 Å². The van der Waals surface area contributed by atoms with E-state index in [4.69, 9.17) is 18.9 Å². The summed E-state index contributed by atoms with van der Waals surface area (Å²) < 4.78 is 20.9. The monoisotopic (exact) mass is 238 g/mol. The highest BCUT2D eigenvalue weighted by Crippen LogP contribution is 2.44. The highest BCUT2D eigenvalue weighted by atomic mass is 16.6. The maximum atomic E-state index is 11.6. The zero-order chi connectivity index (χ0) is 12.4. The van der Waals surface area contributed by atoms with E-state index >= 15 is 0 Å². The molecular weight excluding hydrogens is 224 g/mol. The third-order valence-electron chi connectivity index (χ3n) is 2.56. The first-order chi connectivity index (χ1) is 8.22. The first-order valence-electron chi connectivity index (χ1n) is 5.30. The van der Waals surface area contributed by atoms with Crippen LogP contribution in [0.25, 0.3) is 0 Å². The van der Waals surface area contributed by atoms with Gasteiger partial charge in [0.15, 0.2) is 11.5 Å². The summed E-state index contributed by atoms with van der Waals surface area (Å²) in [6, 6.07) is 1.74. The summed E-state index contributed by atoms with van der Waals surface area (Å²) >= 11 is 0. The minimum absolute atomic E-state index is 0.245. The lowest BCUT2D eigenvalue weighted by Crippen LogP contribution is -2.05. The summed E-state index contributed by atoms with van der Waals surface area (Å²) in [6.45, 7) is 2.52. The van der Waals surface area contributed by atoms with Crippen molar-refractivity contribution in [3.8, 4) is 17.2 Å². The van der Waals surface area contributed by atoms with E-state index in [1.54, 1.807) is 6.07 Å². The van der Waals surface area contributed by atoms with Gasteiger partial charge in [-0.2, -0.15) is 0 Å².